The molecule has 1 N–H and O–H groups in total. The Kier molecular flexibility index (Phi) is 5.87. The van der Waals surface area contributed by atoms with Crippen molar-refractivity contribution in [3.8, 4) is 0 Å². The molecule has 0 radical (unpaired) electrons. The minimum absolute atomic E-state index is 0.0443. The Balaban J connectivity index is 1.62. The van der Waals surface area contributed by atoms with Crippen molar-refractivity contribution in [3.63, 3.8) is 0 Å². The van der Waals surface area contributed by atoms with Gasteiger partial charge >= 0.3 is 0 Å². The molecular weight excluding hydrogens is 385 g/mol. The maximum Gasteiger partial charge on any atom is 0.257 e. The number of ether oxygens (including phenoxy) is 1. The Morgan fingerprint density at radius 2 is 2.07 bits per heavy atom. The van der Waals surface area contributed by atoms with Crippen LogP contribution in [0.3, 0.4) is 0 Å². The summed E-state index contributed by atoms with van der Waals surface area (Å²) in [7, 11) is 1.85. The molecule has 160 valence electrons. The number of aromatic amines is 1. The number of hydrogen-bond acceptors (Lipinski definition) is 4. The number of carbonyl (C=O) groups is 1. The van der Waals surface area contributed by atoms with Crippen molar-refractivity contribution in [2.75, 3.05) is 39.4 Å². The van der Waals surface area contributed by atoms with Crippen molar-refractivity contribution in [2.45, 2.75) is 20.4 Å². The number of halogens is 1. The van der Waals surface area contributed by atoms with Crippen LogP contribution in [0.1, 0.15) is 27.3 Å². The summed E-state index contributed by atoms with van der Waals surface area (Å²) in [5.41, 5.74) is 3.98. The molecule has 1 aromatic carbocycles. The number of morpholine rings is 1. The third-order valence-corrected chi connectivity index (χ3v) is 5.89. The monoisotopic (exact) mass is 413 g/mol. The summed E-state index contributed by atoms with van der Waals surface area (Å²) in [6.45, 7) is 8.69. The van der Waals surface area contributed by atoms with Crippen molar-refractivity contribution in [1.29, 1.82) is 0 Å². The number of aromatic nitrogens is 3. The number of benzene rings is 1. The van der Waals surface area contributed by atoms with E-state index in [0.29, 0.717) is 18.7 Å². The number of rotatable bonds is 6. The molecule has 3 aromatic rings. The second kappa shape index (κ2) is 8.57. The van der Waals surface area contributed by atoms with Gasteiger partial charge in [-0.05, 0) is 37.6 Å². The zero-order valence-corrected chi connectivity index (χ0v) is 17.7. The molecule has 30 heavy (non-hydrogen) atoms. The zero-order valence-electron chi connectivity index (χ0n) is 17.7. The first kappa shape index (κ1) is 20.6. The summed E-state index contributed by atoms with van der Waals surface area (Å²) < 4.78 is 21.0. The van der Waals surface area contributed by atoms with Gasteiger partial charge in [-0.15, -0.1) is 0 Å². The van der Waals surface area contributed by atoms with E-state index in [1.54, 1.807) is 10.7 Å². The maximum absolute atomic E-state index is 13.8. The van der Waals surface area contributed by atoms with Gasteiger partial charge in [0.15, 0.2) is 0 Å². The van der Waals surface area contributed by atoms with E-state index in [4.69, 9.17) is 4.74 Å². The van der Waals surface area contributed by atoms with E-state index < -0.39 is 0 Å². The number of hydrogen-bond donors (Lipinski definition) is 1. The lowest BCUT2D eigenvalue weighted by Crippen LogP contribution is -2.43. The van der Waals surface area contributed by atoms with Gasteiger partial charge in [0.1, 0.15) is 5.82 Å². The number of fused-ring (bicyclic) bond motifs is 1. The third-order valence-electron chi connectivity index (χ3n) is 5.89. The minimum Gasteiger partial charge on any atom is -0.379 e. The molecule has 1 aliphatic rings. The highest BCUT2D eigenvalue weighted by Gasteiger charge is 2.25. The molecule has 4 rings (SSSR count). The number of carbonyl (C=O) groups excluding carboxylic acids is 1. The van der Waals surface area contributed by atoms with E-state index in [9.17, 15) is 9.18 Å². The summed E-state index contributed by atoms with van der Waals surface area (Å²) in [6, 6.07) is 4.68. The first-order valence-corrected chi connectivity index (χ1v) is 10.3. The largest absolute Gasteiger partial charge is 0.379 e. The molecule has 0 saturated carbocycles. The van der Waals surface area contributed by atoms with Gasteiger partial charge in [0, 0.05) is 62.6 Å². The van der Waals surface area contributed by atoms with Gasteiger partial charge in [-0.3, -0.25) is 14.4 Å². The topological polar surface area (TPSA) is 66.4 Å². The molecule has 0 spiro atoms. The van der Waals surface area contributed by atoms with Crippen LogP contribution in [-0.4, -0.2) is 69.9 Å². The van der Waals surface area contributed by atoms with Crippen molar-refractivity contribution in [1.82, 2.24) is 24.6 Å². The van der Waals surface area contributed by atoms with E-state index in [-0.39, 0.29) is 11.7 Å². The predicted octanol–water partition coefficient (Wildman–Crippen LogP) is 2.63. The fourth-order valence-corrected chi connectivity index (χ4v) is 4.07. The molecule has 1 fully saturated rings. The summed E-state index contributed by atoms with van der Waals surface area (Å²) in [5, 5.41) is 5.21. The van der Waals surface area contributed by atoms with Crippen molar-refractivity contribution in [3.05, 3.63) is 52.7 Å². The molecule has 0 bridgehead atoms. The fraction of sp³-hybridized carbons (Fsp3) is 0.455. The number of nitrogens with one attached hydrogen (secondary N) is 1. The second-order valence-corrected chi connectivity index (χ2v) is 7.85. The second-order valence-electron chi connectivity index (χ2n) is 7.85. The number of amides is 1. The molecule has 1 saturated heterocycles. The Hall–Kier alpha value is -2.71. The van der Waals surface area contributed by atoms with Crippen LogP contribution in [0.15, 0.2) is 24.4 Å². The highest BCUT2D eigenvalue weighted by atomic mass is 19.1. The van der Waals surface area contributed by atoms with Crippen molar-refractivity contribution in [2.24, 2.45) is 7.05 Å². The zero-order chi connectivity index (χ0) is 21.3. The summed E-state index contributed by atoms with van der Waals surface area (Å²) in [5.74, 6) is -0.328. The summed E-state index contributed by atoms with van der Waals surface area (Å²) >= 11 is 0. The van der Waals surface area contributed by atoms with Gasteiger partial charge < -0.3 is 14.6 Å². The van der Waals surface area contributed by atoms with Gasteiger partial charge in [-0.25, -0.2) is 4.39 Å². The average molecular weight is 413 g/mol. The van der Waals surface area contributed by atoms with Gasteiger partial charge in [0.05, 0.1) is 24.5 Å². The van der Waals surface area contributed by atoms with Gasteiger partial charge in [-0.2, -0.15) is 5.10 Å². The van der Waals surface area contributed by atoms with Crippen LogP contribution in [0.4, 0.5) is 4.39 Å². The van der Waals surface area contributed by atoms with E-state index in [0.717, 1.165) is 60.7 Å². The Labute approximate surface area is 175 Å². The fourth-order valence-electron chi connectivity index (χ4n) is 4.07. The first-order valence-electron chi connectivity index (χ1n) is 10.3. The highest BCUT2D eigenvalue weighted by molar-refractivity contribution is 5.96. The van der Waals surface area contributed by atoms with Gasteiger partial charge in [0.2, 0.25) is 0 Å². The lowest BCUT2D eigenvalue weighted by molar-refractivity contribution is 0.0320. The Morgan fingerprint density at radius 3 is 2.77 bits per heavy atom. The van der Waals surface area contributed by atoms with Crippen LogP contribution < -0.4 is 0 Å². The van der Waals surface area contributed by atoms with Crippen molar-refractivity contribution >= 4 is 16.8 Å². The average Bonchev–Trinajstić information content (AvgIpc) is 3.24. The molecule has 8 heteroatoms. The van der Waals surface area contributed by atoms with Gasteiger partial charge in [-0.1, -0.05) is 0 Å². The van der Waals surface area contributed by atoms with Crippen LogP contribution in [-0.2, 0) is 18.3 Å². The molecule has 0 unspecified atom stereocenters. The molecular formula is C22H28FN5O2. The minimum atomic E-state index is -0.284. The standard InChI is InChI=1S/C22H28FN5O2/c1-15-21(16(2)26(3)25-15)22(29)28(7-6-27-8-10-30-11-9-27)14-17-13-24-20-5-4-18(23)12-19(17)20/h4-5,12-13,24H,6-11,14H2,1-3H3. The molecule has 1 amide bonds. The van der Waals surface area contributed by atoms with Gasteiger partial charge in [0.25, 0.3) is 5.91 Å². The Bertz CT molecular complexity index is 1050. The number of aryl methyl sites for hydroxylation is 2. The van der Waals surface area contributed by atoms with Crippen LogP contribution in [0, 0.1) is 19.7 Å². The normalized spacial score (nSPS) is 15.1. The van der Waals surface area contributed by atoms with Crippen LogP contribution in [0.5, 0.6) is 0 Å². The summed E-state index contributed by atoms with van der Waals surface area (Å²) in [6.07, 6.45) is 1.86. The summed E-state index contributed by atoms with van der Waals surface area (Å²) in [4.78, 5) is 20.9. The molecule has 0 atom stereocenters. The number of nitrogens with zero attached hydrogens (tertiary/aromatic N) is 4. The van der Waals surface area contributed by atoms with E-state index in [1.165, 1.54) is 12.1 Å². The molecule has 0 aliphatic carbocycles. The molecule has 7 nitrogen and oxygen atoms in total. The first-order chi connectivity index (χ1) is 14.4. The van der Waals surface area contributed by atoms with Crippen molar-refractivity contribution < 1.29 is 13.9 Å². The predicted molar refractivity (Wildman–Crippen MR) is 113 cm³/mol. The lowest BCUT2D eigenvalue weighted by Gasteiger charge is -2.30. The van der Waals surface area contributed by atoms with E-state index in [2.05, 4.69) is 15.0 Å². The Morgan fingerprint density at radius 1 is 1.30 bits per heavy atom. The lowest BCUT2D eigenvalue weighted by atomic mass is 10.1. The smallest absolute Gasteiger partial charge is 0.257 e. The highest BCUT2D eigenvalue weighted by Crippen LogP contribution is 2.23. The van der Waals surface area contributed by atoms with E-state index >= 15 is 0 Å². The maximum atomic E-state index is 13.8. The van der Waals surface area contributed by atoms with Crippen LogP contribution >= 0.6 is 0 Å². The SMILES string of the molecule is Cc1nn(C)c(C)c1C(=O)N(CCN1CCOCC1)Cc1c[nH]c2ccc(F)cc12. The molecule has 3 heterocycles. The van der Waals surface area contributed by atoms with Crippen LogP contribution in [0.25, 0.3) is 10.9 Å². The number of H-pyrrole nitrogens is 1. The van der Waals surface area contributed by atoms with E-state index in [1.807, 2.05) is 32.0 Å². The quantitative estimate of drug-likeness (QED) is 0.675. The molecule has 2 aromatic heterocycles. The third kappa shape index (κ3) is 4.11. The van der Waals surface area contributed by atoms with Crippen LogP contribution in [0.2, 0.25) is 0 Å². The molecule has 1 aliphatic heterocycles.